The van der Waals surface area contributed by atoms with Crippen molar-refractivity contribution in [2.75, 3.05) is 7.11 Å². The van der Waals surface area contributed by atoms with Crippen LogP contribution in [-0.2, 0) is 6.42 Å². The molecule has 4 nitrogen and oxygen atoms in total. The van der Waals surface area contributed by atoms with E-state index in [1.165, 1.54) is 18.4 Å². The molecular weight excluding hydrogens is 312 g/mol. The maximum absolute atomic E-state index is 12.4. The molecule has 0 bridgehead atoms. The van der Waals surface area contributed by atoms with Gasteiger partial charge in [-0.1, -0.05) is 42.5 Å². The van der Waals surface area contributed by atoms with Crippen molar-refractivity contribution >= 4 is 6.03 Å². The first-order chi connectivity index (χ1) is 12.2. The van der Waals surface area contributed by atoms with E-state index >= 15 is 0 Å². The monoisotopic (exact) mass is 338 g/mol. The van der Waals surface area contributed by atoms with Crippen molar-refractivity contribution in [2.45, 2.75) is 38.3 Å². The van der Waals surface area contributed by atoms with Crippen LogP contribution in [0.4, 0.5) is 4.79 Å². The van der Waals surface area contributed by atoms with Gasteiger partial charge in [-0.3, -0.25) is 0 Å². The van der Waals surface area contributed by atoms with Gasteiger partial charge in [0, 0.05) is 6.04 Å². The second-order valence-corrected chi connectivity index (χ2v) is 6.80. The van der Waals surface area contributed by atoms with Crippen LogP contribution < -0.4 is 15.4 Å². The minimum Gasteiger partial charge on any atom is -0.497 e. The highest BCUT2D eigenvalue weighted by Gasteiger charge is 2.33. The summed E-state index contributed by atoms with van der Waals surface area (Å²) in [5, 5.41) is 6.22. The van der Waals surface area contributed by atoms with Crippen molar-refractivity contribution in [1.29, 1.82) is 0 Å². The Morgan fingerprint density at radius 3 is 2.56 bits per heavy atom. The van der Waals surface area contributed by atoms with Crippen LogP contribution in [0.15, 0.2) is 54.6 Å². The maximum Gasteiger partial charge on any atom is 0.315 e. The summed E-state index contributed by atoms with van der Waals surface area (Å²) in [4.78, 5) is 12.4. The van der Waals surface area contributed by atoms with Gasteiger partial charge < -0.3 is 15.4 Å². The lowest BCUT2D eigenvalue weighted by Crippen LogP contribution is -2.43. The first-order valence-electron chi connectivity index (χ1n) is 8.90. The molecule has 1 aliphatic carbocycles. The van der Waals surface area contributed by atoms with E-state index in [9.17, 15) is 4.79 Å². The van der Waals surface area contributed by atoms with Gasteiger partial charge in [-0.15, -0.1) is 0 Å². The van der Waals surface area contributed by atoms with Gasteiger partial charge >= 0.3 is 6.03 Å². The second kappa shape index (κ2) is 8.06. The Balaban J connectivity index is 1.55. The van der Waals surface area contributed by atoms with Crippen molar-refractivity contribution in [3.63, 3.8) is 0 Å². The molecule has 3 rings (SSSR count). The Kier molecular flexibility index (Phi) is 5.59. The fourth-order valence-corrected chi connectivity index (χ4v) is 3.17. The summed E-state index contributed by atoms with van der Waals surface area (Å²) in [6, 6.07) is 18.2. The smallest absolute Gasteiger partial charge is 0.315 e. The van der Waals surface area contributed by atoms with Gasteiger partial charge in [-0.25, -0.2) is 4.79 Å². The van der Waals surface area contributed by atoms with Gasteiger partial charge in [0.25, 0.3) is 0 Å². The molecule has 25 heavy (non-hydrogen) atoms. The molecule has 4 heteroatoms. The molecule has 0 aliphatic heterocycles. The minimum absolute atomic E-state index is 0.0442. The molecule has 2 N–H and O–H groups in total. The third kappa shape index (κ3) is 4.99. The lowest BCUT2D eigenvalue weighted by molar-refractivity contribution is 0.232. The second-order valence-electron chi connectivity index (χ2n) is 6.80. The fourth-order valence-electron chi connectivity index (χ4n) is 3.17. The van der Waals surface area contributed by atoms with Gasteiger partial charge in [0.2, 0.25) is 0 Å². The minimum atomic E-state index is -0.101. The number of benzene rings is 2. The van der Waals surface area contributed by atoms with Crippen LogP contribution >= 0.6 is 0 Å². The summed E-state index contributed by atoms with van der Waals surface area (Å²) < 4.78 is 5.25. The van der Waals surface area contributed by atoms with E-state index in [1.807, 2.05) is 43.3 Å². The Morgan fingerprint density at radius 2 is 1.88 bits per heavy atom. The van der Waals surface area contributed by atoms with E-state index < -0.39 is 0 Å². The van der Waals surface area contributed by atoms with E-state index in [2.05, 4.69) is 28.8 Å². The highest BCUT2D eigenvalue weighted by atomic mass is 16.5. The average molecular weight is 338 g/mol. The highest BCUT2D eigenvalue weighted by Crippen LogP contribution is 2.40. The molecule has 1 aliphatic rings. The Labute approximate surface area is 149 Å². The van der Waals surface area contributed by atoms with Gasteiger partial charge in [0.1, 0.15) is 5.75 Å². The molecule has 2 aromatic rings. The third-order valence-electron chi connectivity index (χ3n) is 4.59. The van der Waals surface area contributed by atoms with Crippen molar-refractivity contribution in [1.82, 2.24) is 10.6 Å². The van der Waals surface area contributed by atoms with Crippen molar-refractivity contribution in [3.05, 3.63) is 65.7 Å². The van der Waals surface area contributed by atoms with E-state index in [0.29, 0.717) is 5.92 Å². The number of ether oxygens (including phenoxy) is 1. The molecule has 2 amide bonds. The quantitative estimate of drug-likeness (QED) is 0.799. The average Bonchev–Trinajstić information content (AvgIpc) is 3.45. The molecule has 0 radical (unpaired) electrons. The number of carbonyl (C=O) groups is 1. The zero-order chi connectivity index (χ0) is 17.6. The van der Waals surface area contributed by atoms with Gasteiger partial charge in [0.15, 0.2) is 0 Å². The fraction of sp³-hybridized carbons (Fsp3) is 0.381. The molecule has 0 spiro atoms. The van der Waals surface area contributed by atoms with Gasteiger partial charge in [0.05, 0.1) is 13.2 Å². The summed E-state index contributed by atoms with van der Waals surface area (Å²) >= 11 is 0. The lowest BCUT2D eigenvalue weighted by Gasteiger charge is -2.21. The first-order valence-corrected chi connectivity index (χ1v) is 8.90. The third-order valence-corrected chi connectivity index (χ3v) is 4.59. The number of nitrogens with one attached hydrogen (secondary N) is 2. The van der Waals surface area contributed by atoms with Gasteiger partial charge in [-0.05, 0) is 55.4 Å². The van der Waals surface area contributed by atoms with E-state index in [0.717, 1.165) is 17.7 Å². The van der Waals surface area contributed by atoms with E-state index in [-0.39, 0.29) is 18.1 Å². The lowest BCUT2D eigenvalue weighted by atomic mass is 10.0. The number of methoxy groups -OCH3 is 1. The van der Waals surface area contributed by atoms with Crippen LogP contribution in [0, 0.1) is 5.92 Å². The number of amides is 2. The predicted molar refractivity (Wildman–Crippen MR) is 99.7 cm³/mol. The molecule has 1 saturated carbocycles. The van der Waals surface area contributed by atoms with E-state index in [4.69, 9.17) is 4.74 Å². The predicted octanol–water partition coefficient (Wildman–Crippen LogP) is 4.08. The van der Waals surface area contributed by atoms with Crippen molar-refractivity contribution in [3.8, 4) is 5.75 Å². The summed E-state index contributed by atoms with van der Waals surface area (Å²) in [5.41, 5.74) is 2.33. The first kappa shape index (κ1) is 17.3. The molecular formula is C21H26N2O2. The Hall–Kier alpha value is -2.49. The number of hydrogen-bond donors (Lipinski definition) is 2. The Bertz CT molecular complexity index is 698. The molecule has 2 unspecified atom stereocenters. The van der Waals surface area contributed by atoms with Crippen LogP contribution in [0.2, 0.25) is 0 Å². The normalized spacial score (nSPS) is 15.9. The van der Waals surface area contributed by atoms with Gasteiger partial charge in [-0.2, -0.15) is 0 Å². The summed E-state index contributed by atoms with van der Waals surface area (Å²) in [7, 11) is 1.66. The Morgan fingerprint density at radius 1 is 1.12 bits per heavy atom. The molecule has 1 fully saturated rings. The zero-order valence-corrected chi connectivity index (χ0v) is 14.9. The van der Waals surface area contributed by atoms with Crippen LogP contribution in [-0.4, -0.2) is 19.2 Å². The number of hydrogen-bond acceptors (Lipinski definition) is 2. The molecule has 0 aromatic heterocycles. The number of rotatable bonds is 7. The van der Waals surface area contributed by atoms with Crippen molar-refractivity contribution < 1.29 is 9.53 Å². The summed E-state index contributed by atoms with van der Waals surface area (Å²) in [6.07, 6.45) is 3.13. The maximum atomic E-state index is 12.4. The van der Waals surface area contributed by atoms with E-state index in [1.54, 1.807) is 7.11 Å². The SMILES string of the molecule is COc1cccc(CC(C)NC(=O)NC(c2ccccc2)C2CC2)c1. The summed E-state index contributed by atoms with van der Waals surface area (Å²) in [5.74, 6) is 1.40. The topological polar surface area (TPSA) is 50.4 Å². The van der Waals surface area contributed by atoms with Crippen LogP contribution in [0.1, 0.15) is 36.9 Å². The molecule has 2 aromatic carbocycles. The molecule has 2 atom stereocenters. The zero-order valence-electron chi connectivity index (χ0n) is 14.9. The highest BCUT2D eigenvalue weighted by molar-refractivity contribution is 5.75. The molecule has 0 heterocycles. The van der Waals surface area contributed by atoms with Crippen LogP contribution in [0.3, 0.4) is 0 Å². The standard InChI is InChI=1S/C21H26N2O2/c1-15(13-16-7-6-10-19(14-16)25-2)22-21(24)23-20(18-11-12-18)17-8-4-3-5-9-17/h3-10,14-15,18,20H,11-13H2,1-2H3,(H2,22,23,24). The molecule has 132 valence electrons. The van der Waals surface area contributed by atoms with Crippen LogP contribution in [0.25, 0.3) is 0 Å². The number of urea groups is 1. The summed E-state index contributed by atoms with van der Waals surface area (Å²) in [6.45, 7) is 2.02. The number of carbonyl (C=O) groups excluding carboxylic acids is 1. The van der Waals surface area contributed by atoms with Crippen molar-refractivity contribution in [2.24, 2.45) is 5.92 Å². The molecule has 0 saturated heterocycles. The van der Waals surface area contributed by atoms with Crippen LogP contribution in [0.5, 0.6) is 5.75 Å². The largest absolute Gasteiger partial charge is 0.497 e.